The van der Waals surface area contributed by atoms with E-state index in [1.807, 2.05) is 6.07 Å². The number of ether oxygens (including phenoxy) is 2. The van der Waals surface area contributed by atoms with Crippen molar-refractivity contribution in [1.29, 1.82) is 0 Å². The third kappa shape index (κ3) is 2.86. The van der Waals surface area contributed by atoms with E-state index in [1.54, 1.807) is 12.1 Å². The molecule has 82 valence electrons. The van der Waals surface area contributed by atoms with Gasteiger partial charge >= 0.3 is 5.97 Å². The smallest absolute Gasteiger partial charge is 0.328 e. The molecule has 3 nitrogen and oxygen atoms in total. The maximum absolute atomic E-state index is 11.3. The van der Waals surface area contributed by atoms with Crippen LogP contribution in [-0.4, -0.2) is 20.2 Å². The van der Waals surface area contributed by atoms with E-state index in [2.05, 4.69) is 20.7 Å². The minimum absolute atomic E-state index is 0.506. The predicted octanol–water partition coefficient (Wildman–Crippen LogP) is 2.91. The Bertz CT molecular complexity index is 368. The van der Waals surface area contributed by atoms with Gasteiger partial charge in [0.15, 0.2) is 5.38 Å². The first-order chi connectivity index (χ1) is 7.10. The molecular weight excluding hydrogens is 283 g/mol. The minimum Gasteiger partial charge on any atom is -0.496 e. The molecule has 0 bridgehead atoms. The van der Waals surface area contributed by atoms with E-state index in [0.717, 1.165) is 4.47 Å². The number of methoxy groups -OCH3 is 2. The van der Waals surface area contributed by atoms with E-state index < -0.39 is 11.3 Å². The zero-order chi connectivity index (χ0) is 11.4. The first-order valence-electron chi connectivity index (χ1n) is 4.15. The maximum atomic E-state index is 11.3. The summed E-state index contributed by atoms with van der Waals surface area (Å²) >= 11 is 9.24. The zero-order valence-corrected chi connectivity index (χ0v) is 10.6. The van der Waals surface area contributed by atoms with Crippen molar-refractivity contribution in [2.24, 2.45) is 0 Å². The molecule has 0 radical (unpaired) electrons. The van der Waals surface area contributed by atoms with Crippen molar-refractivity contribution in [1.82, 2.24) is 0 Å². The van der Waals surface area contributed by atoms with Gasteiger partial charge in [0.05, 0.1) is 14.2 Å². The average molecular weight is 294 g/mol. The van der Waals surface area contributed by atoms with Gasteiger partial charge in [-0.05, 0) is 18.2 Å². The molecule has 0 saturated carbocycles. The monoisotopic (exact) mass is 292 g/mol. The molecule has 1 aromatic carbocycles. The van der Waals surface area contributed by atoms with E-state index in [-0.39, 0.29) is 0 Å². The van der Waals surface area contributed by atoms with Crippen molar-refractivity contribution in [3.8, 4) is 5.75 Å². The van der Waals surface area contributed by atoms with Gasteiger partial charge in [0.2, 0.25) is 0 Å². The van der Waals surface area contributed by atoms with Crippen LogP contribution in [0.3, 0.4) is 0 Å². The lowest BCUT2D eigenvalue weighted by Gasteiger charge is -2.12. The Hall–Kier alpha value is -0.740. The van der Waals surface area contributed by atoms with E-state index in [4.69, 9.17) is 16.3 Å². The molecule has 1 atom stereocenters. The normalized spacial score (nSPS) is 12.0. The summed E-state index contributed by atoms with van der Waals surface area (Å²) in [6, 6.07) is 5.27. The van der Waals surface area contributed by atoms with Crippen molar-refractivity contribution in [3.63, 3.8) is 0 Å². The Morgan fingerprint density at radius 3 is 2.67 bits per heavy atom. The lowest BCUT2D eigenvalue weighted by molar-refractivity contribution is -0.140. The predicted molar refractivity (Wildman–Crippen MR) is 61.3 cm³/mol. The second-order valence-corrected chi connectivity index (χ2v) is 4.12. The van der Waals surface area contributed by atoms with Crippen LogP contribution in [0, 0.1) is 0 Å². The molecule has 0 spiro atoms. The number of esters is 1. The van der Waals surface area contributed by atoms with E-state index in [0.29, 0.717) is 11.3 Å². The van der Waals surface area contributed by atoms with Gasteiger partial charge in [-0.15, -0.1) is 11.6 Å². The Kier molecular flexibility index (Phi) is 4.42. The molecule has 0 saturated heterocycles. The maximum Gasteiger partial charge on any atom is 0.328 e. The van der Waals surface area contributed by atoms with Gasteiger partial charge in [-0.1, -0.05) is 15.9 Å². The van der Waals surface area contributed by atoms with Gasteiger partial charge in [-0.2, -0.15) is 0 Å². The number of halogens is 2. The van der Waals surface area contributed by atoms with Crippen molar-refractivity contribution >= 4 is 33.5 Å². The molecule has 15 heavy (non-hydrogen) atoms. The van der Waals surface area contributed by atoms with Crippen LogP contribution in [-0.2, 0) is 9.53 Å². The molecule has 0 aromatic heterocycles. The Labute approximate surface area is 101 Å². The Morgan fingerprint density at radius 2 is 2.13 bits per heavy atom. The molecular formula is C10H10BrClO3. The van der Waals surface area contributed by atoms with Crippen LogP contribution in [0.4, 0.5) is 0 Å². The van der Waals surface area contributed by atoms with Gasteiger partial charge in [-0.3, -0.25) is 4.79 Å². The summed E-state index contributed by atoms with van der Waals surface area (Å²) in [5.74, 6) is 0.0525. The van der Waals surface area contributed by atoms with E-state index >= 15 is 0 Å². The van der Waals surface area contributed by atoms with Crippen LogP contribution in [0.5, 0.6) is 5.75 Å². The third-order valence-electron chi connectivity index (χ3n) is 1.87. The third-order valence-corrected chi connectivity index (χ3v) is 2.78. The van der Waals surface area contributed by atoms with Crippen molar-refractivity contribution in [2.75, 3.05) is 14.2 Å². The number of hydrogen-bond donors (Lipinski definition) is 0. The van der Waals surface area contributed by atoms with Crippen molar-refractivity contribution < 1.29 is 14.3 Å². The summed E-state index contributed by atoms with van der Waals surface area (Å²) in [6.45, 7) is 0. The number of alkyl halides is 1. The van der Waals surface area contributed by atoms with Crippen LogP contribution in [0.2, 0.25) is 0 Å². The molecule has 5 heteroatoms. The molecule has 0 aliphatic carbocycles. The van der Waals surface area contributed by atoms with Crippen LogP contribution in [0.1, 0.15) is 10.9 Å². The number of carbonyl (C=O) groups is 1. The summed E-state index contributed by atoms with van der Waals surface area (Å²) in [6.07, 6.45) is 0. The lowest BCUT2D eigenvalue weighted by atomic mass is 10.1. The largest absolute Gasteiger partial charge is 0.496 e. The number of rotatable bonds is 3. The first-order valence-corrected chi connectivity index (χ1v) is 5.38. The average Bonchev–Trinajstić information content (AvgIpc) is 2.27. The van der Waals surface area contributed by atoms with Gasteiger partial charge in [0.25, 0.3) is 0 Å². The van der Waals surface area contributed by atoms with Crippen molar-refractivity contribution in [3.05, 3.63) is 28.2 Å². The fourth-order valence-electron chi connectivity index (χ4n) is 1.13. The molecule has 1 rings (SSSR count). The number of hydrogen-bond acceptors (Lipinski definition) is 3. The number of benzene rings is 1. The molecule has 1 aromatic rings. The molecule has 0 aliphatic rings. The summed E-state index contributed by atoms with van der Waals surface area (Å²) < 4.78 is 10.5. The second-order valence-electron chi connectivity index (χ2n) is 2.77. The number of carbonyl (C=O) groups excluding carboxylic acids is 1. The second kappa shape index (κ2) is 5.37. The van der Waals surface area contributed by atoms with Gasteiger partial charge in [0.1, 0.15) is 5.75 Å². The SMILES string of the molecule is COC(=O)[C@H](Cl)c1cc(Br)ccc1OC. The highest BCUT2D eigenvalue weighted by molar-refractivity contribution is 9.10. The summed E-state index contributed by atoms with van der Waals surface area (Å²) in [5, 5.41) is -0.859. The van der Waals surface area contributed by atoms with Crippen molar-refractivity contribution in [2.45, 2.75) is 5.38 Å². The van der Waals surface area contributed by atoms with Gasteiger partial charge < -0.3 is 9.47 Å². The standard InChI is InChI=1S/C10H10BrClO3/c1-14-8-4-3-6(11)5-7(8)9(12)10(13)15-2/h3-5,9H,1-2H3/t9-/m1/s1. The Morgan fingerprint density at radius 1 is 1.47 bits per heavy atom. The minimum atomic E-state index is -0.859. The molecule has 0 heterocycles. The van der Waals surface area contributed by atoms with Crippen LogP contribution >= 0.6 is 27.5 Å². The quantitative estimate of drug-likeness (QED) is 0.635. The molecule has 0 unspecified atom stereocenters. The fourth-order valence-corrected chi connectivity index (χ4v) is 1.77. The lowest BCUT2D eigenvalue weighted by Crippen LogP contribution is -2.09. The Balaban J connectivity index is 3.10. The highest BCUT2D eigenvalue weighted by Crippen LogP contribution is 2.32. The summed E-state index contributed by atoms with van der Waals surface area (Å²) in [7, 11) is 2.82. The van der Waals surface area contributed by atoms with Gasteiger partial charge in [0, 0.05) is 10.0 Å². The first kappa shape index (κ1) is 12.3. The van der Waals surface area contributed by atoms with Gasteiger partial charge in [-0.25, -0.2) is 0 Å². The fraction of sp³-hybridized carbons (Fsp3) is 0.300. The van der Waals surface area contributed by atoms with Crippen LogP contribution in [0.25, 0.3) is 0 Å². The zero-order valence-electron chi connectivity index (χ0n) is 8.29. The molecule has 0 amide bonds. The van der Waals surface area contributed by atoms with E-state index in [9.17, 15) is 4.79 Å². The highest BCUT2D eigenvalue weighted by Gasteiger charge is 2.22. The topological polar surface area (TPSA) is 35.5 Å². The molecule has 0 fully saturated rings. The van der Waals surface area contributed by atoms with E-state index in [1.165, 1.54) is 14.2 Å². The highest BCUT2D eigenvalue weighted by atomic mass is 79.9. The van der Waals surface area contributed by atoms with Crippen LogP contribution < -0.4 is 4.74 Å². The molecule has 0 N–H and O–H groups in total. The summed E-state index contributed by atoms with van der Waals surface area (Å²) in [4.78, 5) is 11.3. The molecule has 0 aliphatic heterocycles. The summed E-state index contributed by atoms with van der Waals surface area (Å²) in [5.41, 5.74) is 0.584. The van der Waals surface area contributed by atoms with Crippen LogP contribution in [0.15, 0.2) is 22.7 Å².